The number of allylic oxidation sites excluding steroid dienone is 8. The summed E-state index contributed by atoms with van der Waals surface area (Å²) in [6.07, 6.45) is 20.0. The molecule has 0 spiro atoms. The van der Waals surface area contributed by atoms with Crippen LogP contribution in [0.5, 0.6) is 23.0 Å². The van der Waals surface area contributed by atoms with Crippen molar-refractivity contribution in [2.75, 3.05) is 0 Å². The zero-order chi connectivity index (χ0) is 21.9. The monoisotopic (exact) mass is 528 g/mol. The molecule has 0 atom stereocenters. The molecule has 0 aromatic heterocycles. The zero-order valence-electron chi connectivity index (χ0n) is 16.7. The van der Waals surface area contributed by atoms with Crippen LogP contribution >= 0.6 is 24.4 Å². The summed E-state index contributed by atoms with van der Waals surface area (Å²) >= 11 is 8.87. The number of ether oxygens (including phenoxy) is 2. The molecular formula is C24H22O4S2Zr. The van der Waals surface area contributed by atoms with E-state index < -0.39 is 0 Å². The van der Waals surface area contributed by atoms with E-state index >= 15 is 0 Å². The molecule has 2 aromatic carbocycles. The number of phenols is 2. The first kappa shape index (κ1) is 28.7. The summed E-state index contributed by atoms with van der Waals surface area (Å²) in [5.74, 6) is 0.974. The van der Waals surface area contributed by atoms with Crippen molar-refractivity contribution < 1.29 is 45.9 Å². The molecule has 0 heterocycles. The van der Waals surface area contributed by atoms with Gasteiger partial charge in [0, 0.05) is 0 Å². The number of para-hydroxylation sites is 4. The van der Waals surface area contributed by atoms with Gasteiger partial charge in [-0.2, -0.15) is 12.2 Å². The largest absolute Gasteiger partial charge is 2.00 e. The average molecular weight is 530 g/mol. The van der Waals surface area contributed by atoms with E-state index in [1.807, 2.05) is 24.3 Å². The summed E-state index contributed by atoms with van der Waals surface area (Å²) < 4.78 is 9.55. The Labute approximate surface area is 213 Å². The molecule has 0 fully saturated rings. The van der Waals surface area contributed by atoms with Gasteiger partial charge in [-0.25, -0.2) is 24.3 Å². The predicted molar refractivity (Wildman–Crippen MR) is 128 cm³/mol. The van der Waals surface area contributed by atoms with Gasteiger partial charge in [-0.1, -0.05) is 24.3 Å². The Bertz CT molecular complexity index is 799. The van der Waals surface area contributed by atoms with Gasteiger partial charge < -0.3 is 19.7 Å². The maximum Gasteiger partial charge on any atom is 2.00 e. The van der Waals surface area contributed by atoms with Gasteiger partial charge in [-0.3, -0.25) is 12.2 Å². The van der Waals surface area contributed by atoms with E-state index in [9.17, 15) is 0 Å². The molecule has 31 heavy (non-hydrogen) atoms. The Kier molecular flexibility index (Phi) is 18.1. The van der Waals surface area contributed by atoms with Gasteiger partial charge in [0.1, 0.15) is 0 Å². The molecule has 4 rings (SSSR count). The van der Waals surface area contributed by atoms with Crippen molar-refractivity contribution >= 4 is 35.5 Å². The van der Waals surface area contributed by atoms with E-state index in [1.165, 1.54) is 12.1 Å². The molecular weight excluding hydrogens is 508 g/mol. The van der Waals surface area contributed by atoms with Crippen molar-refractivity contribution in [2.45, 2.75) is 12.8 Å². The van der Waals surface area contributed by atoms with Gasteiger partial charge in [0.2, 0.25) is 0 Å². The van der Waals surface area contributed by atoms with Gasteiger partial charge in [-0.05, 0) is 48.7 Å². The number of phenolic OH excluding ortho intramolecular Hbond substituents is 2. The molecule has 4 nitrogen and oxygen atoms in total. The third kappa shape index (κ3) is 14.3. The van der Waals surface area contributed by atoms with Crippen LogP contribution in [0.15, 0.2) is 85.0 Å². The second kappa shape index (κ2) is 19.6. The van der Waals surface area contributed by atoms with Gasteiger partial charge in [-0.15, -0.1) is 12.8 Å². The van der Waals surface area contributed by atoms with Gasteiger partial charge in [0.05, 0.1) is 0 Å². The van der Waals surface area contributed by atoms with Gasteiger partial charge in [0.25, 0.3) is 0 Å². The topological polar surface area (TPSA) is 58.9 Å². The first-order valence-corrected chi connectivity index (χ1v) is 9.83. The maximum absolute atomic E-state index is 9.05. The van der Waals surface area contributed by atoms with Crippen LogP contribution in [0.25, 0.3) is 0 Å². The van der Waals surface area contributed by atoms with Crippen molar-refractivity contribution in [3.05, 3.63) is 97.1 Å². The van der Waals surface area contributed by atoms with E-state index in [1.54, 1.807) is 36.4 Å². The third-order valence-corrected chi connectivity index (χ3v) is 3.44. The molecule has 0 saturated carbocycles. The molecule has 0 bridgehead atoms. The van der Waals surface area contributed by atoms with E-state index in [2.05, 4.69) is 48.7 Å². The summed E-state index contributed by atoms with van der Waals surface area (Å²) in [5, 5.41) is 18.1. The first-order valence-electron chi connectivity index (χ1n) is 8.89. The minimum Gasteiger partial charge on any atom is -0.504 e. The molecule has 0 radical (unpaired) electrons. The summed E-state index contributed by atoms with van der Waals surface area (Å²) in [4.78, 5) is 0. The van der Waals surface area contributed by atoms with Crippen molar-refractivity contribution in [2.24, 2.45) is 0 Å². The number of hydrogen-bond donors (Lipinski definition) is 2. The Morgan fingerprint density at radius 1 is 0.710 bits per heavy atom. The Hall–Kier alpha value is -2.34. The molecule has 158 valence electrons. The van der Waals surface area contributed by atoms with E-state index in [4.69, 9.17) is 19.7 Å². The minimum absolute atomic E-state index is 0. The zero-order valence-corrected chi connectivity index (χ0v) is 20.8. The van der Waals surface area contributed by atoms with Gasteiger partial charge in [0.15, 0.2) is 34.1 Å². The van der Waals surface area contributed by atoms with Crippen LogP contribution in [0, 0.1) is 12.2 Å². The second-order valence-electron chi connectivity index (χ2n) is 5.37. The molecule has 7 heteroatoms. The van der Waals surface area contributed by atoms with Crippen LogP contribution in [0.2, 0.25) is 0 Å². The summed E-state index contributed by atoms with van der Waals surface area (Å²) in [6.45, 7) is 0. The van der Waals surface area contributed by atoms with Crippen molar-refractivity contribution in [3.8, 4) is 23.0 Å². The van der Waals surface area contributed by atoms with Crippen LogP contribution < -0.4 is 9.47 Å². The summed E-state index contributed by atoms with van der Waals surface area (Å²) in [5.41, 5.74) is 2.21. The molecule has 2 aromatic rings. The van der Waals surface area contributed by atoms with Crippen molar-refractivity contribution in [1.82, 2.24) is 0 Å². The number of thiocarbonyl (C=S) groups is 2. The Morgan fingerprint density at radius 2 is 1.10 bits per heavy atom. The van der Waals surface area contributed by atoms with Crippen LogP contribution in [-0.2, 0) is 26.2 Å². The molecule has 0 unspecified atom stereocenters. The second-order valence-corrected chi connectivity index (χ2v) is 5.75. The molecule has 2 aliphatic carbocycles. The normalized spacial score (nSPS) is 11.4. The molecule has 0 amide bonds. The van der Waals surface area contributed by atoms with Crippen molar-refractivity contribution in [1.29, 1.82) is 0 Å². The van der Waals surface area contributed by atoms with E-state index in [0.717, 1.165) is 23.9 Å². The summed E-state index contributed by atoms with van der Waals surface area (Å²) in [6, 6.07) is 13.3. The van der Waals surface area contributed by atoms with Crippen LogP contribution in [0.3, 0.4) is 0 Å². The van der Waals surface area contributed by atoms with Crippen LogP contribution in [-0.4, -0.2) is 21.3 Å². The average Bonchev–Trinajstić information content (AvgIpc) is 3.52. The summed E-state index contributed by atoms with van der Waals surface area (Å²) in [7, 11) is 0. The number of benzene rings is 2. The number of aromatic hydroxyl groups is 2. The minimum atomic E-state index is 0. The van der Waals surface area contributed by atoms with Gasteiger partial charge >= 0.3 is 26.2 Å². The first-order chi connectivity index (χ1) is 14.7. The quantitative estimate of drug-likeness (QED) is 0.371. The van der Waals surface area contributed by atoms with E-state index in [-0.39, 0.29) is 37.7 Å². The fourth-order valence-corrected chi connectivity index (χ4v) is 2.11. The smallest absolute Gasteiger partial charge is 0.504 e. The maximum atomic E-state index is 9.05. The Balaban J connectivity index is 0.000000401. The SMILES string of the molecule is Oc1ccccc1OC=S.Oc1ccccc1OC=S.[C-]1=CC=CC1.[C-]1=CC=CC1.[Zr+2]. The predicted octanol–water partition coefficient (Wildman–Crippen LogP) is 6.07. The van der Waals surface area contributed by atoms with Crippen molar-refractivity contribution in [3.63, 3.8) is 0 Å². The molecule has 0 saturated heterocycles. The standard InChI is InChI=1S/2C7H6O2S.2C5H5.Zr/c2*8-6-3-1-2-4-7(6)9-5-10;2*1-2-4-5-3-1;/h2*1-5,8H;2*1-3H,4H2;/q;;2*-1;+2. The molecule has 2 aliphatic rings. The Morgan fingerprint density at radius 3 is 1.32 bits per heavy atom. The number of rotatable bonds is 4. The molecule has 2 N–H and O–H groups in total. The van der Waals surface area contributed by atoms with Crippen LogP contribution in [0.1, 0.15) is 12.8 Å². The fourth-order valence-electron chi connectivity index (χ4n) is 1.90. The van der Waals surface area contributed by atoms with E-state index in [0.29, 0.717) is 11.5 Å². The number of hydrogen-bond acceptors (Lipinski definition) is 6. The third-order valence-electron chi connectivity index (χ3n) is 3.25. The molecule has 0 aliphatic heterocycles. The fraction of sp³-hybridized carbons (Fsp3) is 0.0833. The van der Waals surface area contributed by atoms with Crippen LogP contribution in [0.4, 0.5) is 0 Å².